The minimum Gasteiger partial charge on any atom is -0.361 e. The van der Waals surface area contributed by atoms with E-state index in [1.165, 1.54) is 34.6 Å². The van der Waals surface area contributed by atoms with E-state index in [-0.39, 0.29) is 5.69 Å². The van der Waals surface area contributed by atoms with Gasteiger partial charge in [0.25, 0.3) is 15.7 Å². The number of aromatic nitrogens is 1. The maximum absolute atomic E-state index is 13.6. The minimum absolute atomic E-state index is 0.0514. The average Bonchev–Trinajstić information content (AvgIpc) is 3.26. The molecule has 4 aromatic rings. The zero-order valence-electron chi connectivity index (χ0n) is 17.3. The number of nitrogens with zero attached hydrogens (tertiary/aromatic N) is 2. The molecule has 0 spiro atoms. The van der Waals surface area contributed by atoms with Crippen molar-refractivity contribution in [3.63, 3.8) is 0 Å². The van der Waals surface area contributed by atoms with Crippen LogP contribution in [0.3, 0.4) is 0 Å². The maximum Gasteiger partial charge on any atom is 0.269 e. The summed E-state index contributed by atoms with van der Waals surface area (Å²) in [5.74, 6) is 0. The number of sulfonamides is 1. The second-order valence-corrected chi connectivity index (χ2v) is 9.34. The molecule has 0 radical (unpaired) electrons. The predicted octanol–water partition coefficient (Wildman–Crippen LogP) is 5.65. The van der Waals surface area contributed by atoms with Crippen LogP contribution in [0.1, 0.15) is 22.7 Å². The van der Waals surface area contributed by atoms with Crippen LogP contribution in [0, 0.1) is 10.1 Å². The van der Waals surface area contributed by atoms with Gasteiger partial charge in [-0.05, 0) is 41.5 Å². The van der Waals surface area contributed by atoms with Gasteiger partial charge in [0.1, 0.15) is 0 Å². The molecule has 1 N–H and O–H groups in total. The number of nitrogens with one attached hydrogen (secondary N) is 1. The molecular weight excluding hydrogens is 438 g/mol. The molecule has 1 aliphatic rings. The van der Waals surface area contributed by atoms with Crippen LogP contribution < -0.4 is 4.31 Å². The summed E-state index contributed by atoms with van der Waals surface area (Å²) >= 11 is 0. The number of H-pyrrole nitrogens is 1. The fourth-order valence-corrected chi connectivity index (χ4v) is 5.45. The summed E-state index contributed by atoms with van der Waals surface area (Å²) in [6, 6.07) is 20.3. The largest absolute Gasteiger partial charge is 0.361 e. The molecular formula is C25H19N3O4S. The Hall–Kier alpha value is -4.17. The van der Waals surface area contributed by atoms with Gasteiger partial charge in [-0.25, -0.2) is 8.42 Å². The smallest absolute Gasteiger partial charge is 0.269 e. The molecule has 1 unspecified atom stereocenters. The van der Waals surface area contributed by atoms with Crippen LogP contribution in [0.5, 0.6) is 0 Å². The van der Waals surface area contributed by atoms with E-state index in [1.54, 1.807) is 6.07 Å². The van der Waals surface area contributed by atoms with E-state index in [2.05, 4.69) is 4.98 Å². The quantitative estimate of drug-likeness (QED) is 0.309. The molecule has 0 amide bonds. The number of benzene rings is 3. The summed E-state index contributed by atoms with van der Waals surface area (Å²) in [6.07, 6.45) is 7.12. The van der Waals surface area contributed by atoms with Crippen LogP contribution in [0.25, 0.3) is 23.1 Å². The van der Waals surface area contributed by atoms with E-state index >= 15 is 0 Å². The number of aromatic amines is 1. The summed E-state index contributed by atoms with van der Waals surface area (Å²) in [5.41, 5.74) is 3.67. The summed E-state index contributed by atoms with van der Waals surface area (Å²) in [6.45, 7) is 0. The highest BCUT2D eigenvalue weighted by molar-refractivity contribution is 7.95. The highest BCUT2D eigenvalue weighted by Crippen LogP contribution is 2.41. The number of non-ortho nitro benzene ring substituents is 1. The van der Waals surface area contributed by atoms with Gasteiger partial charge in [0.15, 0.2) is 0 Å². The van der Waals surface area contributed by atoms with Crippen molar-refractivity contribution in [3.8, 4) is 0 Å². The number of anilines is 1. The monoisotopic (exact) mass is 457 g/mol. The molecule has 7 nitrogen and oxygen atoms in total. The Morgan fingerprint density at radius 2 is 1.70 bits per heavy atom. The van der Waals surface area contributed by atoms with Crippen LogP contribution in [-0.2, 0) is 10.0 Å². The Bertz CT molecular complexity index is 1520. The molecule has 0 fully saturated rings. The number of nitro groups is 1. The molecule has 1 aliphatic heterocycles. The number of rotatable bonds is 5. The molecule has 33 heavy (non-hydrogen) atoms. The number of nitro benzene ring substituents is 1. The summed E-state index contributed by atoms with van der Waals surface area (Å²) < 4.78 is 28.7. The van der Waals surface area contributed by atoms with Gasteiger partial charge in [-0.1, -0.05) is 48.6 Å². The zero-order valence-corrected chi connectivity index (χ0v) is 18.1. The Balaban J connectivity index is 1.58. The minimum atomic E-state index is -3.91. The van der Waals surface area contributed by atoms with Crippen molar-refractivity contribution in [2.24, 2.45) is 0 Å². The Kier molecular flexibility index (Phi) is 5.07. The average molecular weight is 458 g/mol. The van der Waals surface area contributed by atoms with Gasteiger partial charge >= 0.3 is 0 Å². The van der Waals surface area contributed by atoms with Crippen LogP contribution in [-0.4, -0.2) is 18.3 Å². The highest BCUT2D eigenvalue weighted by atomic mass is 32.2. The van der Waals surface area contributed by atoms with Crippen LogP contribution in [0.4, 0.5) is 11.4 Å². The summed E-state index contributed by atoms with van der Waals surface area (Å²) in [7, 11) is -3.91. The van der Waals surface area contributed by atoms with E-state index in [0.717, 1.165) is 27.4 Å². The van der Waals surface area contributed by atoms with Crippen LogP contribution in [0.2, 0.25) is 0 Å². The SMILES string of the molecule is O=[N+]([O-])c1ccc(/C=C/S(=O)(=O)N2c3ccccc3C=CC2c2c[nH]c3ccccc23)cc1. The molecule has 0 saturated heterocycles. The van der Waals surface area contributed by atoms with Gasteiger partial charge in [0.2, 0.25) is 0 Å². The van der Waals surface area contributed by atoms with Crippen molar-refractivity contribution in [3.05, 3.63) is 117 Å². The van der Waals surface area contributed by atoms with Crippen LogP contribution in [0.15, 0.2) is 90.5 Å². The van der Waals surface area contributed by atoms with Crippen molar-refractivity contribution in [1.82, 2.24) is 4.98 Å². The second kappa shape index (κ2) is 8.07. The topological polar surface area (TPSA) is 96.3 Å². The van der Waals surface area contributed by atoms with Crippen molar-refractivity contribution in [2.45, 2.75) is 6.04 Å². The Morgan fingerprint density at radius 1 is 0.970 bits per heavy atom. The number of hydrogen-bond donors (Lipinski definition) is 1. The molecule has 1 atom stereocenters. The first-order valence-corrected chi connectivity index (χ1v) is 11.7. The maximum atomic E-state index is 13.6. The number of hydrogen-bond acceptors (Lipinski definition) is 4. The predicted molar refractivity (Wildman–Crippen MR) is 130 cm³/mol. The van der Waals surface area contributed by atoms with Crippen LogP contribution >= 0.6 is 0 Å². The van der Waals surface area contributed by atoms with Crippen molar-refractivity contribution >= 4 is 44.5 Å². The summed E-state index contributed by atoms with van der Waals surface area (Å²) in [4.78, 5) is 13.6. The van der Waals surface area contributed by atoms with Crippen molar-refractivity contribution < 1.29 is 13.3 Å². The van der Waals surface area contributed by atoms with E-state index in [1.807, 2.05) is 60.8 Å². The van der Waals surface area contributed by atoms with Gasteiger partial charge in [0.05, 0.1) is 22.1 Å². The van der Waals surface area contributed by atoms with E-state index < -0.39 is 21.0 Å². The second-order valence-electron chi connectivity index (χ2n) is 7.64. The molecule has 0 aliphatic carbocycles. The third-order valence-electron chi connectivity index (χ3n) is 5.64. The number of fused-ring (bicyclic) bond motifs is 2. The van der Waals surface area contributed by atoms with Crippen molar-refractivity contribution in [2.75, 3.05) is 4.31 Å². The van der Waals surface area contributed by atoms with Gasteiger partial charge < -0.3 is 4.98 Å². The molecule has 164 valence electrons. The van der Waals surface area contributed by atoms with Gasteiger partial charge in [-0.3, -0.25) is 14.4 Å². The lowest BCUT2D eigenvalue weighted by molar-refractivity contribution is -0.384. The third-order valence-corrected chi connectivity index (χ3v) is 7.09. The Labute approximate surface area is 190 Å². The third kappa shape index (κ3) is 3.81. The highest BCUT2D eigenvalue weighted by Gasteiger charge is 2.33. The van der Waals surface area contributed by atoms with E-state index in [0.29, 0.717) is 11.3 Å². The van der Waals surface area contributed by atoms with Crippen molar-refractivity contribution in [1.29, 1.82) is 0 Å². The lowest BCUT2D eigenvalue weighted by Gasteiger charge is -2.33. The molecule has 2 heterocycles. The zero-order chi connectivity index (χ0) is 23.0. The molecule has 1 aromatic heterocycles. The first kappa shape index (κ1) is 20.7. The van der Waals surface area contributed by atoms with Gasteiger partial charge in [-0.15, -0.1) is 0 Å². The standard InChI is InChI=1S/C25H19N3O4S/c29-28(30)20-12-9-18(10-13-20)15-16-33(31,32)27-24-8-4-1-5-19(24)11-14-25(27)22-17-26-23-7-3-2-6-21(22)23/h1-17,25-26H/b16-15+. The lowest BCUT2D eigenvalue weighted by Crippen LogP contribution is -2.34. The molecule has 0 bridgehead atoms. The lowest BCUT2D eigenvalue weighted by atomic mass is 9.99. The summed E-state index contributed by atoms with van der Waals surface area (Å²) in [5, 5.41) is 13.0. The van der Waals surface area contributed by atoms with Gasteiger partial charge in [0, 0.05) is 34.8 Å². The first-order valence-electron chi connectivity index (χ1n) is 10.2. The molecule has 0 saturated carbocycles. The molecule has 8 heteroatoms. The fourth-order valence-electron chi connectivity index (χ4n) is 4.05. The van der Waals surface area contributed by atoms with E-state index in [9.17, 15) is 18.5 Å². The molecule has 5 rings (SSSR count). The van der Waals surface area contributed by atoms with E-state index in [4.69, 9.17) is 0 Å². The molecule has 3 aromatic carbocycles. The first-order chi connectivity index (χ1) is 15.9. The fraction of sp³-hybridized carbons (Fsp3) is 0.0400. The normalized spacial score (nSPS) is 15.8. The Morgan fingerprint density at radius 3 is 2.48 bits per heavy atom. The number of para-hydroxylation sites is 2. The van der Waals surface area contributed by atoms with Gasteiger partial charge in [-0.2, -0.15) is 0 Å².